The Bertz CT molecular complexity index is 392. The van der Waals surface area contributed by atoms with Gasteiger partial charge in [-0.2, -0.15) is 0 Å². The van der Waals surface area contributed by atoms with Crippen LogP contribution >= 0.6 is 0 Å². The summed E-state index contributed by atoms with van der Waals surface area (Å²) in [6.07, 6.45) is 0.621. The zero-order valence-corrected chi connectivity index (χ0v) is 9.14. The smallest absolute Gasteiger partial charge is 0.226 e. The van der Waals surface area contributed by atoms with E-state index in [9.17, 15) is 4.79 Å². The molecule has 0 unspecified atom stereocenters. The molecule has 0 saturated carbocycles. The van der Waals surface area contributed by atoms with Crippen LogP contribution in [0.25, 0.3) is 0 Å². The number of hydrogen-bond donors (Lipinski definition) is 2. The van der Waals surface area contributed by atoms with Gasteiger partial charge in [0, 0.05) is 5.56 Å². The van der Waals surface area contributed by atoms with Gasteiger partial charge in [-0.05, 0) is 12.5 Å². The summed E-state index contributed by atoms with van der Waals surface area (Å²) in [5.41, 5.74) is 0.967. The minimum absolute atomic E-state index is 0.0548. The van der Waals surface area contributed by atoms with E-state index in [1.807, 2.05) is 24.3 Å². The summed E-state index contributed by atoms with van der Waals surface area (Å²) in [4.78, 5) is 11.5. The first-order valence-corrected chi connectivity index (χ1v) is 5.30. The van der Waals surface area contributed by atoms with Crippen molar-refractivity contribution in [1.29, 1.82) is 0 Å². The quantitative estimate of drug-likeness (QED) is 0.796. The molecule has 1 aliphatic heterocycles. The van der Waals surface area contributed by atoms with Crippen molar-refractivity contribution in [2.45, 2.75) is 12.5 Å². The van der Waals surface area contributed by atoms with Crippen molar-refractivity contribution in [3.8, 4) is 5.75 Å². The van der Waals surface area contributed by atoms with Crippen LogP contribution in [0.1, 0.15) is 18.0 Å². The third-order valence-corrected chi connectivity index (χ3v) is 2.94. The summed E-state index contributed by atoms with van der Waals surface area (Å²) in [7, 11) is 1.61. The van der Waals surface area contributed by atoms with E-state index in [1.165, 1.54) is 0 Å². The Morgan fingerprint density at radius 3 is 2.88 bits per heavy atom. The summed E-state index contributed by atoms with van der Waals surface area (Å²) in [5.74, 6) is 0.389. The van der Waals surface area contributed by atoms with Crippen LogP contribution in [0.5, 0.6) is 5.75 Å². The summed E-state index contributed by atoms with van der Waals surface area (Å²) in [5, 5.41) is 11.9. The molecule has 16 heavy (non-hydrogen) atoms. The highest BCUT2D eigenvalue weighted by Crippen LogP contribution is 2.33. The summed E-state index contributed by atoms with van der Waals surface area (Å²) in [6, 6.07) is 7.55. The van der Waals surface area contributed by atoms with Crippen molar-refractivity contribution in [3.05, 3.63) is 29.8 Å². The third kappa shape index (κ3) is 1.88. The van der Waals surface area contributed by atoms with Gasteiger partial charge in [-0.15, -0.1) is 0 Å². The first-order valence-electron chi connectivity index (χ1n) is 5.30. The van der Waals surface area contributed by atoms with E-state index < -0.39 is 0 Å². The fourth-order valence-electron chi connectivity index (χ4n) is 2.06. The molecule has 1 fully saturated rings. The zero-order chi connectivity index (χ0) is 11.5. The lowest BCUT2D eigenvalue weighted by Gasteiger charge is -2.14. The fraction of sp³-hybridized carbons (Fsp3) is 0.417. The summed E-state index contributed by atoms with van der Waals surface area (Å²) >= 11 is 0. The molecule has 1 aromatic rings. The maximum atomic E-state index is 11.5. The molecule has 2 N–H and O–H groups in total. The summed E-state index contributed by atoms with van der Waals surface area (Å²) in [6.45, 7) is -0.0997. The van der Waals surface area contributed by atoms with Crippen LogP contribution in [0, 0.1) is 5.92 Å². The number of carbonyl (C=O) groups excluding carboxylic acids is 1. The molecule has 0 aliphatic carbocycles. The molecular formula is C12H15NO3. The van der Waals surface area contributed by atoms with Gasteiger partial charge >= 0.3 is 0 Å². The van der Waals surface area contributed by atoms with Gasteiger partial charge in [-0.1, -0.05) is 18.2 Å². The van der Waals surface area contributed by atoms with Gasteiger partial charge in [0.05, 0.1) is 25.7 Å². The average Bonchev–Trinajstić information content (AvgIpc) is 2.70. The molecule has 0 radical (unpaired) electrons. The number of aliphatic hydroxyl groups is 1. The zero-order valence-electron chi connectivity index (χ0n) is 9.14. The van der Waals surface area contributed by atoms with E-state index in [1.54, 1.807) is 7.11 Å². The van der Waals surface area contributed by atoms with Crippen LogP contribution in [0.2, 0.25) is 0 Å². The molecule has 4 heteroatoms. The van der Waals surface area contributed by atoms with Gasteiger partial charge in [0.1, 0.15) is 5.75 Å². The average molecular weight is 221 g/mol. The molecule has 86 valence electrons. The van der Waals surface area contributed by atoms with Crippen molar-refractivity contribution >= 4 is 5.91 Å². The van der Waals surface area contributed by atoms with E-state index in [0.29, 0.717) is 6.42 Å². The first-order chi connectivity index (χ1) is 7.76. The molecule has 2 rings (SSSR count). The minimum atomic E-state index is -0.296. The predicted molar refractivity (Wildman–Crippen MR) is 59.1 cm³/mol. The Morgan fingerprint density at radius 1 is 1.50 bits per heavy atom. The SMILES string of the molecule is COc1ccccc1[C@@H]1C[C@H](CO)C(=O)N1. The Hall–Kier alpha value is -1.55. The van der Waals surface area contributed by atoms with E-state index in [0.717, 1.165) is 11.3 Å². The van der Waals surface area contributed by atoms with Crippen molar-refractivity contribution in [1.82, 2.24) is 5.32 Å². The topological polar surface area (TPSA) is 58.6 Å². The lowest BCUT2D eigenvalue weighted by Crippen LogP contribution is -2.22. The van der Waals surface area contributed by atoms with Crippen LogP contribution in [0.4, 0.5) is 0 Å². The van der Waals surface area contributed by atoms with Gasteiger partial charge in [-0.3, -0.25) is 4.79 Å². The van der Waals surface area contributed by atoms with Crippen molar-refractivity contribution < 1.29 is 14.6 Å². The van der Waals surface area contributed by atoms with Gasteiger partial charge < -0.3 is 15.2 Å². The maximum Gasteiger partial charge on any atom is 0.226 e. The number of nitrogens with one attached hydrogen (secondary N) is 1. The molecule has 2 atom stereocenters. The van der Waals surface area contributed by atoms with Crippen LogP contribution in [0.15, 0.2) is 24.3 Å². The van der Waals surface area contributed by atoms with Crippen LogP contribution < -0.4 is 10.1 Å². The van der Waals surface area contributed by atoms with Crippen molar-refractivity contribution in [2.75, 3.05) is 13.7 Å². The predicted octanol–water partition coefficient (Wildman–Crippen LogP) is 0.865. The largest absolute Gasteiger partial charge is 0.496 e. The Kier molecular flexibility index (Phi) is 3.10. The number of amides is 1. The first kappa shape index (κ1) is 11.0. The van der Waals surface area contributed by atoms with Gasteiger partial charge in [0.2, 0.25) is 5.91 Å². The monoisotopic (exact) mass is 221 g/mol. The van der Waals surface area contributed by atoms with Gasteiger partial charge in [0.15, 0.2) is 0 Å². The molecule has 4 nitrogen and oxygen atoms in total. The van der Waals surface area contributed by atoms with Crippen LogP contribution in [-0.4, -0.2) is 24.7 Å². The lowest BCUT2D eigenvalue weighted by molar-refractivity contribution is -0.123. The Labute approximate surface area is 94.2 Å². The van der Waals surface area contributed by atoms with E-state index in [4.69, 9.17) is 9.84 Å². The molecule has 0 bridgehead atoms. The molecule has 1 aliphatic rings. The molecule has 1 aromatic carbocycles. The number of ether oxygens (including phenoxy) is 1. The molecule has 1 amide bonds. The standard InChI is InChI=1S/C12H15NO3/c1-16-11-5-3-2-4-9(11)10-6-8(7-14)12(15)13-10/h2-5,8,10,14H,6-7H2,1H3,(H,13,15)/t8-,10+/m1/s1. The highest BCUT2D eigenvalue weighted by atomic mass is 16.5. The number of rotatable bonds is 3. The summed E-state index contributed by atoms with van der Waals surface area (Å²) < 4.78 is 5.25. The van der Waals surface area contributed by atoms with Gasteiger partial charge in [-0.25, -0.2) is 0 Å². The number of benzene rings is 1. The van der Waals surface area contributed by atoms with Crippen molar-refractivity contribution in [2.24, 2.45) is 5.92 Å². The normalized spacial score (nSPS) is 24.2. The highest BCUT2D eigenvalue weighted by Gasteiger charge is 2.33. The number of carbonyl (C=O) groups is 1. The van der Waals surface area contributed by atoms with Crippen LogP contribution in [0.3, 0.4) is 0 Å². The molecule has 1 saturated heterocycles. The molecular weight excluding hydrogens is 206 g/mol. The Morgan fingerprint density at radius 2 is 2.25 bits per heavy atom. The number of hydrogen-bond acceptors (Lipinski definition) is 3. The second-order valence-electron chi connectivity index (χ2n) is 3.92. The Balaban J connectivity index is 2.23. The maximum absolute atomic E-state index is 11.5. The van der Waals surface area contributed by atoms with E-state index >= 15 is 0 Å². The molecule has 0 aromatic heterocycles. The van der Waals surface area contributed by atoms with Crippen molar-refractivity contribution in [3.63, 3.8) is 0 Å². The number of aliphatic hydroxyl groups excluding tert-OH is 1. The minimum Gasteiger partial charge on any atom is -0.496 e. The number of para-hydroxylation sites is 1. The third-order valence-electron chi connectivity index (χ3n) is 2.94. The lowest BCUT2D eigenvalue weighted by atomic mass is 10.00. The van der Waals surface area contributed by atoms with E-state index in [2.05, 4.69) is 5.32 Å². The second-order valence-corrected chi connectivity index (χ2v) is 3.92. The fourth-order valence-corrected chi connectivity index (χ4v) is 2.06. The second kappa shape index (κ2) is 4.53. The van der Waals surface area contributed by atoms with Gasteiger partial charge in [0.25, 0.3) is 0 Å². The van der Waals surface area contributed by atoms with Crippen LogP contribution in [-0.2, 0) is 4.79 Å². The molecule has 0 spiro atoms. The highest BCUT2D eigenvalue weighted by molar-refractivity contribution is 5.81. The van der Waals surface area contributed by atoms with E-state index in [-0.39, 0.29) is 24.5 Å². The number of methoxy groups -OCH3 is 1. The molecule has 1 heterocycles.